The third-order valence-electron chi connectivity index (χ3n) is 4.20. The van der Waals surface area contributed by atoms with E-state index in [1.807, 2.05) is 6.92 Å². The SMILES string of the molecule is CNCc1c(S(=O)(=O)NC2CCCC2(C)C)n[nH]c1C. The zero-order chi connectivity index (χ0) is 15.0. The molecular formula is C13H24N4O2S. The summed E-state index contributed by atoms with van der Waals surface area (Å²) in [4.78, 5) is 0. The Kier molecular flexibility index (Phi) is 4.22. The highest BCUT2D eigenvalue weighted by molar-refractivity contribution is 7.89. The fourth-order valence-electron chi connectivity index (χ4n) is 2.83. The molecule has 0 spiro atoms. The lowest BCUT2D eigenvalue weighted by atomic mass is 9.88. The number of hydrogen-bond acceptors (Lipinski definition) is 4. The summed E-state index contributed by atoms with van der Waals surface area (Å²) < 4.78 is 28.0. The molecule has 7 heteroatoms. The van der Waals surface area contributed by atoms with E-state index in [4.69, 9.17) is 0 Å². The molecule has 1 fully saturated rings. The Hall–Kier alpha value is -0.920. The standard InChI is InChI=1S/C13H24N4O2S/c1-9-10(8-14-4)12(16-15-9)20(18,19)17-11-6-5-7-13(11,2)3/h11,14,17H,5-8H2,1-4H3,(H,15,16). The predicted octanol–water partition coefficient (Wildman–Crippen LogP) is 1.29. The largest absolute Gasteiger partial charge is 0.316 e. The van der Waals surface area contributed by atoms with Crippen LogP contribution in [0.1, 0.15) is 44.4 Å². The van der Waals surface area contributed by atoms with Gasteiger partial charge in [0.1, 0.15) is 0 Å². The van der Waals surface area contributed by atoms with Crippen molar-refractivity contribution in [3.8, 4) is 0 Å². The van der Waals surface area contributed by atoms with Gasteiger partial charge in [-0.2, -0.15) is 5.10 Å². The smallest absolute Gasteiger partial charge is 0.260 e. The first-order valence-corrected chi connectivity index (χ1v) is 8.47. The Bertz CT molecular complexity index is 577. The van der Waals surface area contributed by atoms with Gasteiger partial charge >= 0.3 is 0 Å². The maximum Gasteiger partial charge on any atom is 0.260 e. The quantitative estimate of drug-likeness (QED) is 0.765. The minimum absolute atomic E-state index is 0.00158. The number of rotatable bonds is 5. The van der Waals surface area contributed by atoms with E-state index >= 15 is 0 Å². The molecule has 1 saturated carbocycles. The van der Waals surface area contributed by atoms with Crippen LogP contribution in [0.4, 0.5) is 0 Å². The van der Waals surface area contributed by atoms with Crippen LogP contribution in [-0.4, -0.2) is 31.7 Å². The van der Waals surface area contributed by atoms with E-state index in [1.54, 1.807) is 7.05 Å². The van der Waals surface area contributed by atoms with Gasteiger partial charge in [0.05, 0.1) is 0 Å². The summed E-state index contributed by atoms with van der Waals surface area (Å²) in [5.41, 5.74) is 1.49. The van der Waals surface area contributed by atoms with Gasteiger partial charge in [0.2, 0.25) is 0 Å². The van der Waals surface area contributed by atoms with Crippen LogP contribution in [0, 0.1) is 12.3 Å². The van der Waals surface area contributed by atoms with Gasteiger partial charge in [-0.25, -0.2) is 13.1 Å². The van der Waals surface area contributed by atoms with Gasteiger partial charge in [0.25, 0.3) is 10.0 Å². The van der Waals surface area contributed by atoms with E-state index < -0.39 is 10.0 Å². The molecule has 1 unspecified atom stereocenters. The Morgan fingerprint density at radius 1 is 1.45 bits per heavy atom. The van der Waals surface area contributed by atoms with Gasteiger partial charge in [-0.15, -0.1) is 0 Å². The molecule has 0 bridgehead atoms. The second-order valence-electron chi connectivity index (χ2n) is 6.22. The molecule has 1 heterocycles. The third kappa shape index (κ3) is 2.89. The van der Waals surface area contributed by atoms with Crippen LogP contribution >= 0.6 is 0 Å². The van der Waals surface area contributed by atoms with Crippen molar-refractivity contribution in [2.45, 2.75) is 57.6 Å². The summed E-state index contributed by atoms with van der Waals surface area (Å²) >= 11 is 0. The van der Waals surface area contributed by atoms with Gasteiger partial charge in [-0.05, 0) is 32.2 Å². The summed E-state index contributed by atoms with van der Waals surface area (Å²) in [5.74, 6) is 0. The number of sulfonamides is 1. The van der Waals surface area contributed by atoms with Crippen molar-refractivity contribution in [3.05, 3.63) is 11.3 Å². The summed E-state index contributed by atoms with van der Waals surface area (Å²) in [7, 11) is -1.79. The molecule has 0 radical (unpaired) electrons. The number of nitrogens with zero attached hydrogens (tertiary/aromatic N) is 1. The minimum atomic E-state index is -3.58. The summed E-state index contributed by atoms with van der Waals surface area (Å²) in [6, 6.07) is -0.0214. The molecule has 1 aliphatic rings. The molecule has 0 aromatic carbocycles. The highest BCUT2D eigenvalue weighted by atomic mass is 32.2. The lowest BCUT2D eigenvalue weighted by Crippen LogP contribution is -2.41. The van der Waals surface area contributed by atoms with E-state index in [1.165, 1.54) is 0 Å². The molecule has 0 saturated heterocycles. The number of hydrogen-bond donors (Lipinski definition) is 3. The average Bonchev–Trinajstić information content (AvgIpc) is 2.85. The Balaban J connectivity index is 2.27. The molecule has 1 aromatic heterocycles. The second-order valence-corrected chi connectivity index (χ2v) is 7.85. The zero-order valence-electron chi connectivity index (χ0n) is 12.6. The van der Waals surface area contributed by atoms with E-state index in [9.17, 15) is 8.42 Å². The highest BCUT2D eigenvalue weighted by Crippen LogP contribution is 2.38. The van der Waals surface area contributed by atoms with E-state index in [0.29, 0.717) is 12.1 Å². The molecule has 1 atom stereocenters. The van der Waals surface area contributed by atoms with Crippen molar-refractivity contribution < 1.29 is 8.42 Å². The third-order valence-corrected chi connectivity index (χ3v) is 5.64. The Labute approximate surface area is 120 Å². The van der Waals surface area contributed by atoms with Crippen molar-refractivity contribution in [1.29, 1.82) is 0 Å². The van der Waals surface area contributed by atoms with E-state index in [2.05, 4.69) is 34.1 Å². The van der Waals surface area contributed by atoms with Crippen molar-refractivity contribution >= 4 is 10.0 Å². The van der Waals surface area contributed by atoms with Crippen LogP contribution in [0.25, 0.3) is 0 Å². The topological polar surface area (TPSA) is 86.9 Å². The normalized spacial score (nSPS) is 22.3. The number of H-pyrrole nitrogens is 1. The number of aromatic amines is 1. The number of aryl methyl sites for hydroxylation is 1. The average molecular weight is 300 g/mol. The molecule has 1 aromatic rings. The summed E-state index contributed by atoms with van der Waals surface area (Å²) in [6.45, 7) is 6.53. The highest BCUT2D eigenvalue weighted by Gasteiger charge is 2.38. The molecule has 20 heavy (non-hydrogen) atoms. The summed E-state index contributed by atoms with van der Waals surface area (Å²) in [5, 5.41) is 9.84. The molecule has 2 rings (SSSR count). The van der Waals surface area contributed by atoms with Crippen LogP contribution in [0.15, 0.2) is 5.03 Å². The first-order chi connectivity index (χ1) is 9.28. The summed E-state index contributed by atoms with van der Waals surface area (Å²) in [6.07, 6.45) is 2.99. The van der Waals surface area contributed by atoms with Gasteiger partial charge in [0.15, 0.2) is 5.03 Å². The van der Waals surface area contributed by atoms with Gasteiger partial charge < -0.3 is 5.32 Å². The van der Waals surface area contributed by atoms with Crippen LogP contribution in [0.5, 0.6) is 0 Å². The molecule has 3 N–H and O–H groups in total. The van der Waals surface area contributed by atoms with E-state index in [0.717, 1.165) is 25.0 Å². The number of nitrogens with one attached hydrogen (secondary N) is 3. The molecule has 0 aliphatic heterocycles. The first-order valence-electron chi connectivity index (χ1n) is 6.99. The zero-order valence-corrected chi connectivity index (χ0v) is 13.4. The van der Waals surface area contributed by atoms with E-state index in [-0.39, 0.29) is 16.5 Å². The van der Waals surface area contributed by atoms with Crippen molar-refractivity contribution in [3.63, 3.8) is 0 Å². The molecular weight excluding hydrogens is 276 g/mol. The fraction of sp³-hybridized carbons (Fsp3) is 0.769. The van der Waals surface area contributed by atoms with Crippen molar-refractivity contribution in [2.24, 2.45) is 5.41 Å². The molecule has 114 valence electrons. The maximum atomic E-state index is 12.6. The van der Waals surface area contributed by atoms with Crippen molar-refractivity contribution in [2.75, 3.05) is 7.05 Å². The minimum Gasteiger partial charge on any atom is -0.316 e. The van der Waals surface area contributed by atoms with Crippen LogP contribution in [0.3, 0.4) is 0 Å². The van der Waals surface area contributed by atoms with Gasteiger partial charge in [-0.1, -0.05) is 20.3 Å². The first kappa shape index (κ1) is 15.5. The lowest BCUT2D eigenvalue weighted by Gasteiger charge is -2.27. The lowest BCUT2D eigenvalue weighted by molar-refractivity contribution is 0.312. The van der Waals surface area contributed by atoms with Gasteiger partial charge in [-0.3, -0.25) is 5.10 Å². The van der Waals surface area contributed by atoms with Crippen molar-refractivity contribution in [1.82, 2.24) is 20.2 Å². The monoisotopic (exact) mass is 300 g/mol. The molecule has 0 amide bonds. The molecule has 6 nitrogen and oxygen atoms in total. The second kappa shape index (κ2) is 5.46. The van der Waals surface area contributed by atoms with Crippen LogP contribution in [0.2, 0.25) is 0 Å². The Morgan fingerprint density at radius 3 is 2.70 bits per heavy atom. The predicted molar refractivity (Wildman–Crippen MR) is 77.8 cm³/mol. The van der Waals surface area contributed by atoms with Gasteiger partial charge in [0, 0.05) is 23.8 Å². The van der Waals surface area contributed by atoms with Crippen LogP contribution in [-0.2, 0) is 16.6 Å². The number of aromatic nitrogens is 2. The maximum absolute atomic E-state index is 12.6. The fourth-order valence-corrected chi connectivity index (χ4v) is 4.46. The Morgan fingerprint density at radius 2 is 2.15 bits per heavy atom. The molecule has 1 aliphatic carbocycles. The van der Waals surface area contributed by atoms with Crippen LogP contribution < -0.4 is 10.0 Å².